The van der Waals surface area contributed by atoms with E-state index in [0.717, 1.165) is 0 Å². The Morgan fingerprint density at radius 1 is 1.24 bits per heavy atom. The molecule has 0 bridgehead atoms. The van der Waals surface area contributed by atoms with Gasteiger partial charge in [0.1, 0.15) is 5.54 Å². The van der Waals surface area contributed by atoms with E-state index in [0.29, 0.717) is 11.1 Å². The highest BCUT2D eigenvalue weighted by atomic mass is 16.4. The number of amides is 2. The number of carbonyl (C=O) groups excluding carboxylic acids is 2. The third kappa shape index (κ3) is 3.22. The minimum absolute atomic E-state index is 0.00514. The largest absolute Gasteiger partial charge is 0.480 e. The smallest absolute Gasteiger partial charge is 0.324 e. The summed E-state index contributed by atoms with van der Waals surface area (Å²) in [4.78, 5) is 40.5. The number of carboxylic acid groups (broad SMARTS) is 1. The Balaban J connectivity index is 2.17. The maximum absolute atomic E-state index is 13.4. The van der Waals surface area contributed by atoms with Crippen molar-refractivity contribution >= 4 is 17.8 Å². The molecule has 2 fully saturated rings. The number of benzene rings is 1. The molecule has 2 aliphatic rings. The molecule has 154 valence electrons. The molecule has 2 N–H and O–H groups in total. The van der Waals surface area contributed by atoms with E-state index in [-0.39, 0.29) is 18.2 Å². The molecule has 2 aliphatic heterocycles. The quantitative estimate of drug-likeness (QED) is 0.755. The number of hydrogen-bond acceptors (Lipinski definition) is 5. The standard InChI is InChI=1S/C22H27N3O4/c1-12(2)10-22(20(28)29)16-15(18(26)25(19(16)27)21(3,4)5)17(24-22)14-8-6-13(11-23)7-9-14/h6-9,12,15-17,24H,10H2,1-5H3,(H,28,29). The van der Waals surface area contributed by atoms with Gasteiger partial charge in [0.2, 0.25) is 11.8 Å². The Hall–Kier alpha value is -2.72. The molecule has 0 saturated carbocycles. The van der Waals surface area contributed by atoms with Crippen molar-refractivity contribution in [3.8, 4) is 6.07 Å². The first-order valence-electron chi connectivity index (χ1n) is 9.83. The predicted octanol–water partition coefficient (Wildman–Crippen LogP) is 2.47. The molecule has 0 radical (unpaired) electrons. The summed E-state index contributed by atoms with van der Waals surface area (Å²) in [6, 6.07) is 8.15. The molecule has 2 amide bonds. The molecule has 1 aromatic rings. The van der Waals surface area contributed by atoms with Gasteiger partial charge in [-0.05, 0) is 50.8 Å². The minimum Gasteiger partial charge on any atom is -0.480 e. The van der Waals surface area contributed by atoms with Crippen molar-refractivity contribution < 1.29 is 19.5 Å². The van der Waals surface area contributed by atoms with Crippen molar-refractivity contribution in [2.24, 2.45) is 17.8 Å². The molecule has 0 aliphatic carbocycles. The second-order valence-corrected chi connectivity index (χ2v) is 9.42. The first-order chi connectivity index (χ1) is 13.4. The van der Waals surface area contributed by atoms with Gasteiger partial charge < -0.3 is 5.11 Å². The number of imide groups is 1. The number of nitrogens with one attached hydrogen (secondary N) is 1. The van der Waals surface area contributed by atoms with E-state index in [4.69, 9.17) is 5.26 Å². The SMILES string of the molecule is CC(C)CC1(C(=O)O)NC(c2ccc(C#N)cc2)C2C(=O)N(C(C)(C)C)C(=O)C21. The third-order valence-corrected chi connectivity index (χ3v) is 5.84. The Morgan fingerprint density at radius 3 is 2.28 bits per heavy atom. The van der Waals surface area contributed by atoms with Crippen LogP contribution in [0.1, 0.15) is 58.2 Å². The fraction of sp³-hybridized carbons (Fsp3) is 0.545. The Bertz CT molecular complexity index is 894. The second-order valence-electron chi connectivity index (χ2n) is 9.42. The van der Waals surface area contributed by atoms with Crippen molar-refractivity contribution in [2.45, 2.75) is 58.2 Å². The van der Waals surface area contributed by atoms with Crippen molar-refractivity contribution in [2.75, 3.05) is 0 Å². The van der Waals surface area contributed by atoms with E-state index in [1.165, 1.54) is 4.90 Å². The summed E-state index contributed by atoms with van der Waals surface area (Å²) in [6.45, 7) is 9.13. The lowest BCUT2D eigenvalue weighted by Crippen LogP contribution is -2.58. The average molecular weight is 397 g/mol. The van der Waals surface area contributed by atoms with E-state index in [1.54, 1.807) is 45.0 Å². The highest BCUT2D eigenvalue weighted by molar-refractivity contribution is 6.10. The van der Waals surface area contributed by atoms with Gasteiger partial charge in [0, 0.05) is 11.6 Å². The summed E-state index contributed by atoms with van der Waals surface area (Å²) < 4.78 is 0. The van der Waals surface area contributed by atoms with Gasteiger partial charge in [0.05, 0.1) is 23.5 Å². The van der Waals surface area contributed by atoms with Crippen molar-refractivity contribution in [3.05, 3.63) is 35.4 Å². The second kappa shape index (κ2) is 6.96. The van der Waals surface area contributed by atoms with Crippen LogP contribution in [-0.2, 0) is 14.4 Å². The highest BCUT2D eigenvalue weighted by Gasteiger charge is 2.69. The number of likely N-dealkylation sites (tertiary alicyclic amines) is 1. The number of carbonyl (C=O) groups is 3. The third-order valence-electron chi connectivity index (χ3n) is 5.84. The van der Waals surface area contributed by atoms with Crippen LogP contribution in [0, 0.1) is 29.1 Å². The van der Waals surface area contributed by atoms with E-state index >= 15 is 0 Å². The van der Waals surface area contributed by atoms with Crippen LogP contribution in [0.5, 0.6) is 0 Å². The summed E-state index contributed by atoms with van der Waals surface area (Å²) >= 11 is 0. The maximum atomic E-state index is 13.4. The lowest BCUT2D eigenvalue weighted by Gasteiger charge is -2.36. The number of fused-ring (bicyclic) bond motifs is 1. The molecule has 0 spiro atoms. The van der Waals surface area contributed by atoms with Gasteiger partial charge in [-0.25, -0.2) is 0 Å². The van der Waals surface area contributed by atoms with Gasteiger partial charge >= 0.3 is 5.97 Å². The van der Waals surface area contributed by atoms with Crippen LogP contribution < -0.4 is 5.32 Å². The highest BCUT2D eigenvalue weighted by Crippen LogP contribution is 2.52. The number of carboxylic acids is 1. The molecular formula is C22H27N3O4. The zero-order valence-corrected chi connectivity index (χ0v) is 17.4. The molecule has 0 aromatic heterocycles. The number of aliphatic carboxylic acids is 1. The fourth-order valence-electron chi connectivity index (χ4n) is 4.83. The number of nitriles is 1. The molecule has 2 heterocycles. The van der Waals surface area contributed by atoms with E-state index in [2.05, 4.69) is 11.4 Å². The van der Waals surface area contributed by atoms with Gasteiger partial charge in [-0.1, -0.05) is 26.0 Å². The van der Waals surface area contributed by atoms with Crippen LogP contribution in [0.2, 0.25) is 0 Å². The molecule has 2 saturated heterocycles. The normalized spacial score (nSPS) is 29.3. The summed E-state index contributed by atoms with van der Waals surface area (Å²) in [5.74, 6) is -3.67. The zero-order chi connectivity index (χ0) is 21.7. The molecule has 7 heteroatoms. The van der Waals surface area contributed by atoms with E-state index in [9.17, 15) is 19.5 Å². The summed E-state index contributed by atoms with van der Waals surface area (Å²) in [5.41, 5.74) is -1.09. The molecule has 1 aromatic carbocycles. The van der Waals surface area contributed by atoms with Crippen LogP contribution in [-0.4, -0.2) is 38.9 Å². The van der Waals surface area contributed by atoms with Crippen molar-refractivity contribution in [1.29, 1.82) is 5.26 Å². The zero-order valence-electron chi connectivity index (χ0n) is 17.4. The number of nitrogens with zero attached hydrogens (tertiary/aromatic N) is 2. The number of rotatable bonds is 4. The van der Waals surface area contributed by atoms with Gasteiger partial charge in [-0.2, -0.15) is 5.26 Å². The van der Waals surface area contributed by atoms with Gasteiger partial charge in [0.15, 0.2) is 0 Å². The lowest BCUT2D eigenvalue weighted by atomic mass is 9.75. The first-order valence-corrected chi connectivity index (χ1v) is 9.83. The van der Waals surface area contributed by atoms with Crippen LogP contribution >= 0.6 is 0 Å². The van der Waals surface area contributed by atoms with Gasteiger partial charge in [0.25, 0.3) is 0 Å². The van der Waals surface area contributed by atoms with Crippen molar-refractivity contribution in [1.82, 2.24) is 10.2 Å². The van der Waals surface area contributed by atoms with Gasteiger partial charge in [-0.3, -0.25) is 24.6 Å². The first kappa shape index (κ1) is 21.0. The Kier molecular flexibility index (Phi) is 5.04. The predicted molar refractivity (Wildman–Crippen MR) is 105 cm³/mol. The Labute approximate surface area is 170 Å². The molecule has 7 nitrogen and oxygen atoms in total. The Morgan fingerprint density at radius 2 is 1.83 bits per heavy atom. The monoisotopic (exact) mass is 397 g/mol. The van der Waals surface area contributed by atoms with Crippen LogP contribution in [0.3, 0.4) is 0 Å². The maximum Gasteiger partial charge on any atom is 0.324 e. The van der Waals surface area contributed by atoms with Crippen LogP contribution in [0.25, 0.3) is 0 Å². The van der Waals surface area contributed by atoms with Crippen molar-refractivity contribution in [3.63, 3.8) is 0 Å². The van der Waals surface area contributed by atoms with Crippen LogP contribution in [0.4, 0.5) is 0 Å². The summed E-state index contributed by atoms with van der Waals surface area (Å²) in [5, 5.41) is 22.4. The number of hydrogen-bond donors (Lipinski definition) is 2. The van der Waals surface area contributed by atoms with E-state index in [1.807, 2.05) is 13.8 Å². The van der Waals surface area contributed by atoms with Gasteiger partial charge in [-0.15, -0.1) is 0 Å². The average Bonchev–Trinajstić information content (AvgIpc) is 3.09. The molecule has 4 atom stereocenters. The fourth-order valence-corrected chi connectivity index (χ4v) is 4.83. The molecule has 29 heavy (non-hydrogen) atoms. The summed E-state index contributed by atoms with van der Waals surface area (Å²) in [7, 11) is 0. The molecular weight excluding hydrogens is 370 g/mol. The van der Waals surface area contributed by atoms with Crippen LogP contribution in [0.15, 0.2) is 24.3 Å². The summed E-state index contributed by atoms with van der Waals surface area (Å²) in [6.07, 6.45) is 0.229. The van der Waals surface area contributed by atoms with E-state index < -0.39 is 40.8 Å². The topological polar surface area (TPSA) is 110 Å². The molecule has 4 unspecified atom stereocenters. The lowest BCUT2D eigenvalue weighted by molar-refractivity contribution is -0.154. The molecule has 3 rings (SSSR count). The minimum atomic E-state index is -1.52.